The second-order valence-corrected chi connectivity index (χ2v) is 17.9. The summed E-state index contributed by atoms with van der Waals surface area (Å²) in [6.45, 7) is 6.72. The standard InChI is InChI=1S/C53H98O6/c1-4-7-10-13-16-19-22-24-26-28-31-33-36-39-42-45-48(54)51(57)53(59,50(56)47-44-41-38-35-30-21-18-15-12-9-6-3)52(58)49(55)46-43-40-37-34-32-29-27-25-23-20-17-14-11-8-5-2/h24-27,51-52,57-59H,4-23,28-47H2,1-3H3/b26-24-,27-25-. The largest absolute Gasteiger partial charge is 0.382 e. The molecule has 0 heterocycles. The highest BCUT2D eigenvalue weighted by Crippen LogP contribution is 2.26. The van der Waals surface area contributed by atoms with Crippen molar-refractivity contribution in [3.8, 4) is 0 Å². The van der Waals surface area contributed by atoms with E-state index in [4.69, 9.17) is 0 Å². The van der Waals surface area contributed by atoms with Gasteiger partial charge >= 0.3 is 0 Å². The Morgan fingerprint density at radius 3 is 0.847 bits per heavy atom. The van der Waals surface area contributed by atoms with Gasteiger partial charge in [0.25, 0.3) is 0 Å². The van der Waals surface area contributed by atoms with Crippen molar-refractivity contribution in [2.75, 3.05) is 0 Å². The number of rotatable bonds is 47. The smallest absolute Gasteiger partial charge is 0.189 e. The van der Waals surface area contributed by atoms with E-state index < -0.39 is 35.2 Å². The summed E-state index contributed by atoms with van der Waals surface area (Å²) >= 11 is 0. The summed E-state index contributed by atoms with van der Waals surface area (Å²) in [5.41, 5.74) is -2.81. The Kier molecular flexibility index (Phi) is 41.8. The highest BCUT2D eigenvalue weighted by Gasteiger charge is 2.53. The molecule has 6 nitrogen and oxygen atoms in total. The number of aliphatic hydroxyl groups is 3. The maximum absolute atomic E-state index is 13.6. The van der Waals surface area contributed by atoms with E-state index in [1.54, 1.807) is 0 Å². The fourth-order valence-electron chi connectivity index (χ4n) is 8.11. The van der Waals surface area contributed by atoms with Crippen molar-refractivity contribution in [1.82, 2.24) is 0 Å². The van der Waals surface area contributed by atoms with Crippen molar-refractivity contribution < 1.29 is 29.7 Å². The lowest BCUT2D eigenvalue weighted by Gasteiger charge is -2.34. The van der Waals surface area contributed by atoms with Crippen molar-refractivity contribution in [1.29, 1.82) is 0 Å². The molecule has 0 fully saturated rings. The van der Waals surface area contributed by atoms with Gasteiger partial charge in [0.2, 0.25) is 0 Å². The molecule has 0 saturated carbocycles. The number of aliphatic hydroxyl groups excluding tert-OH is 2. The second-order valence-electron chi connectivity index (χ2n) is 17.9. The van der Waals surface area contributed by atoms with Gasteiger partial charge in [-0.3, -0.25) is 14.4 Å². The topological polar surface area (TPSA) is 112 Å². The summed E-state index contributed by atoms with van der Waals surface area (Å²) in [6.07, 6.45) is 46.1. The molecular weight excluding hydrogens is 733 g/mol. The molecule has 0 rings (SSSR count). The average Bonchev–Trinajstić information content (AvgIpc) is 3.24. The molecule has 0 saturated heterocycles. The molecule has 0 aromatic rings. The normalized spacial score (nSPS) is 14.0. The molecule has 2 unspecified atom stereocenters. The predicted octanol–water partition coefficient (Wildman–Crippen LogP) is 14.9. The van der Waals surface area contributed by atoms with E-state index in [1.807, 2.05) is 0 Å². The van der Waals surface area contributed by atoms with Gasteiger partial charge < -0.3 is 15.3 Å². The maximum atomic E-state index is 13.6. The zero-order chi connectivity index (χ0) is 43.5. The molecule has 59 heavy (non-hydrogen) atoms. The van der Waals surface area contributed by atoms with Gasteiger partial charge in [-0.05, 0) is 70.6 Å². The van der Waals surface area contributed by atoms with Gasteiger partial charge in [0.15, 0.2) is 35.2 Å². The van der Waals surface area contributed by atoms with Crippen molar-refractivity contribution in [3.05, 3.63) is 24.3 Å². The summed E-state index contributed by atoms with van der Waals surface area (Å²) < 4.78 is 0. The van der Waals surface area contributed by atoms with Crippen molar-refractivity contribution >= 4 is 17.3 Å². The van der Waals surface area contributed by atoms with E-state index in [0.29, 0.717) is 19.3 Å². The Hall–Kier alpha value is -1.63. The van der Waals surface area contributed by atoms with E-state index >= 15 is 0 Å². The van der Waals surface area contributed by atoms with Gasteiger partial charge in [0, 0.05) is 19.3 Å². The van der Waals surface area contributed by atoms with Crippen LogP contribution in [0.5, 0.6) is 0 Å². The lowest BCUT2D eigenvalue weighted by Crippen LogP contribution is -2.63. The van der Waals surface area contributed by atoms with Crippen LogP contribution < -0.4 is 0 Å². The number of allylic oxidation sites excluding steroid dienone is 4. The minimum absolute atomic E-state index is 0.00249. The van der Waals surface area contributed by atoms with E-state index in [9.17, 15) is 29.7 Å². The first-order valence-corrected chi connectivity index (χ1v) is 25.7. The summed E-state index contributed by atoms with van der Waals surface area (Å²) in [4.78, 5) is 40.0. The quantitative estimate of drug-likeness (QED) is 0.0416. The lowest BCUT2D eigenvalue weighted by atomic mass is 9.78. The molecule has 0 aliphatic rings. The molecule has 0 aliphatic carbocycles. The van der Waals surface area contributed by atoms with Crippen LogP contribution in [0.15, 0.2) is 24.3 Å². The minimum atomic E-state index is -2.81. The van der Waals surface area contributed by atoms with Gasteiger partial charge in [0.1, 0.15) is 0 Å². The first kappa shape index (κ1) is 57.4. The van der Waals surface area contributed by atoms with Gasteiger partial charge in [-0.1, -0.05) is 212 Å². The number of carbonyl (C=O) groups excluding carboxylic acids is 3. The number of unbranched alkanes of at least 4 members (excludes halogenated alkanes) is 32. The van der Waals surface area contributed by atoms with Crippen LogP contribution >= 0.6 is 0 Å². The number of carbonyl (C=O) groups is 3. The van der Waals surface area contributed by atoms with Crippen LogP contribution in [0.4, 0.5) is 0 Å². The molecule has 0 aromatic heterocycles. The Balaban J connectivity index is 4.80. The molecule has 0 spiro atoms. The van der Waals surface area contributed by atoms with Crippen LogP contribution in [0, 0.1) is 0 Å². The Bertz CT molecular complexity index is 959. The van der Waals surface area contributed by atoms with E-state index in [0.717, 1.165) is 103 Å². The second kappa shape index (κ2) is 43.0. The number of Topliss-reactive ketones (excluding diaryl/α,β-unsaturated/α-hetero) is 3. The van der Waals surface area contributed by atoms with E-state index in [-0.39, 0.29) is 19.3 Å². The molecule has 0 aliphatic heterocycles. The third kappa shape index (κ3) is 32.7. The summed E-state index contributed by atoms with van der Waals surface area (Å²) in [6, 6.07) is 0. The highest BCUT2D eigenvalue weighted by atomic mass is 16.4. The Morgan fingerprint density at radius 1 is 0.356 bits per heavy atom. The summed E-state index contributed by atoms with van der Waals surface area (Å²) in [5, 5.41) is 34.0. The van der Waals surface area contributed by atoms with Crippen molar-refractivity contribution in [3.63, 3.8) is 0 Å². The maximum Gasteiger partial charge on any atom is 0.189 e. The van der Waals surface area contributed by atoms with Gasteiger partial charge in [0.05, 0.1) is 0 Å². The molecule has 0 bridgehead atoms. The molecule has 2 atom stereocenters. The molecule has 0 amide bonds. The molecular formula is C53H98O6. The predicted molar refractivity (Wildman–Crippen MR) is 252 cm³/mol. The Morgan fingerprint density at radius 2 is 0.576 bits per heavy atom. The summed E-state index contributed by atoms with van der Waals surface area (Å²) in [5.74, 6) is -2.15. The fraction of sp³-hybridized carbons (Fsp3) is 0.868. The average molecular weight is 831 g/mol. The van der Waals surface area contributed by atoms with Crippen LogP contribution in [0.25, 0.3) is 0 Å². The fourth-order valence-corrected chi connectivity index (χ4v) is 8.11. The lowest BCUT2D eigenvalue weighted by molar-refractivity contribution is -0.181. The number of hydrogen-bond acceptors (Lipinski definition) is 6. The first-order valence-electron chi connectivity index (χ1n) is 25.7. The minimum Gasteiger partial charge on any atom is -0.382 e. The monoisotopic (exact) mass is 831 g/mol. The van der Waals surface area contributed by atoms with Crippen LogP contribution in [0.2, 0.25) is 0 Å². The van der Waals surface area contributed by atoms with Gasteiger partial charge in [-0.25, -0.2) is 0 Å². The van der Waals surface area contributed by atoms with E-state index in [2.05, 4.69) is 45.1 Å². The zero-order valence-electron chi connectivity index (χ0n) is 39.3. The van der Waals surface area contributed by atoms with Gasteiger partial charge in [-0.15, -0.1) is 0 Å². The van der Waals surface area contributed by atoms with Crippen molar-refractivity contribution in [2.24, 2.45) is 0 Å². The van der Waals surface area contributed by atoms with Crippen LogP contribution in [0.1, 0.15) is 278 Å². The van der Waals surface area contributed by atoms with Crippen LogP contribution in [-0.4, -0.2) is 50.5 Å². The number of ketones is 3. The van der Waals surface area contributed by atoms with Gasteiger partial charge in [-0.2, -0.15) is 0 Å². The third-order valence-corrected chi connectivity index (χ3v) is 12.3. The molecule has 0 aromatic carbocycles. The Labute approximate surface area is 365 Å². The summed E-state index contributed by atoms with van der Waals surface area (Å²) in [7, 11) is 0. The molecule has 6 heteroatoms. The molecule has 346 valence electrons. The first-order chi connectivity index (χ1) is 28.8. The highest BCUT2D eigenvalue weighted by molar-refractivity contribution is 6.01. The van der Waals surface area contributed by atoms with Crippen molar-refractivity contribution in [2.45, 2.75) is 295 Å². The van der Waals surface area contributed by atoms with E-state index in [1.165, 1.54) is 116 Å². The SMILES string of the molecule is CCCCCCCC/C=C\CCCCCCCC(=O)C(O)C(O)(C(=O)CCCCCCCCCCCCC)C(O)C(=O)CCCCCCC/C=C\CCCCCCCC. The van der Waals surface area contributed by atoms with Crippen LogP contribution in [-0.2, 0) is 14.4 Å². The molecule has 0 radical (unpaired) electrons. The zero-order valence-corrected chi connectivity index (χ0v) is 39.3. The third-order valence-electron chi connectivity index (χ3n) is 12.3. The van der Waals surface area contributed by atoms with Crippen LogP contribution in [0.3, 0.4) is 0 Å². The molecule has 3 N–H and O–H groups in total. The number of hydrogen-bond donors (Lipinski definition) is 3.